The Morgan fingerprint density at radius 1 is 1.10 bits per heavy atom. The number of fused-ring (bicyclic) bond motifs is 1. The predicted octanol–water partition coefficient (Wildman–Crippen LogP) is 4.26. The summed E-state index contributed by atoms with van der Waals surface area (Å²) in [5, 5.41) is 3.38. The maximum atomic E-state index is 14.5. The Hall–Kier alpha value is -3.65. The number of nitrogens with one attached hydrogen (secondary N) is 1. The van der Waals surface area contributed by atoms with Gasteiger partial charge in [0.1, 0.15) is 11.6 Å². The fourth-order valence-electron chi connectivity index (χ4n) is 3.08. The van der Waals surface area contributed by atoms with Gasteiger partial charge in [0.25, 0.3) is 5.56 Å². The SMILES string of the molecule is COc1cccc(NC(=O)CSc2nc3ccccc3c(=O)n2-c2ccccc2F)c1. The lowest BCUT2D eigenvalue weighted by Gasteiger charge is -2.14. The molecule has 0 bridgehead atoms. The van der Waals surface area contributed by atoms with Crippen LogP contribution in [0, 0.1) is 5.82 Å². The monoisotopic (exact) mass is 435 g/mol. The summed E-state index contributed by atoms with van der Waals surface area (Å²) in [5.74, 6) is -0.240. The van der Waals surface area contributed by atoms with Crippen molar-refractivity contribution in [2.75, 3.05) is 18.2 Å². The van der Waals surface area contributed by atoms with Crippen LogP contribution in [0.4, 0.5) is 10.1 Å². The van der Waals surface area contributed by atoms with Crippen LogP contribution >= 0.6 is 11.8 Å². The van der Waals surface area contributed by atoms with Crippen LogP contribution in [0.15, 0.2) is 82.7 Å². The molecule has 31 heavy (non-hydrogen) atoms. The van der Waals surface area contributed by atoms with Crippen LogP contribution in [0.1, 0.15) is 0 Å². The molecule has 0 unspecified atom stereocenters. The number of thioether (sulfide) groups is 1. The van der Waals surface area contributed by atoms with Gasteiger partial charge in [-0.1, -0.05) is 42.1 Å². The van der Waals surface area contributed by atoms with Gasteiger partial charge in [-0.05, 0) is 36.4 Å². The molecule has 0 radical (unpaired) electrons. The van der Waals surface area contributed by atoms with Crippen molar-refractivity contribution < 1.29 is 13.9 Å². The van der Waals surface area contributed by atoms with Gasteiger partial charge < -0.3 is 10.1 Å². The zero-order chi connectivity index (χ0) is 21.8. The van der Waals surface area contributed by atoms with E-state index in [1.54, 1.807) is 67.8 Å². The number of halogens is 1. The minimum Gasteiger partial charge on any atom is -0.497 e. The molecule has 1 heterocycles. The first-order valence-electron chi connectivity index (χ1n) is 9.40. The highest BCUT2D eigenvalue weighted by Crippen LogP contribution is 2.23. The lowest BCUT2D eigenvalue weighted by molar-refractivity contribution is -0.113. The lowest BCUT2D eigenvalue weighted by Crippen LogP contribution is -2.23. The number of aromatic nitrogens is 2. The van der Waals surface area contributed by atoms with Crippen LogP contribution in [-0.2, 0) is 4.79 Å². The average molecular weight is 435 g/mol. The number of benzene rings is 3. The van der Waals surface area contributed by atoms with Crippen LogP contribution in [0.5, 0.6) is 5.75 Å². The third kappa shape index (κ3) is 4.44. The first-order chi connectivity index (χ1) is 15.1. The molecule has 6 nitrogen and oxygen atoms in total. The number of hydrogen-bond donors (Lipinski definition) is 1. The normalized spacial score (nSPS) is 10.8. The number of carbonyl (C=O) groups excluding carboxylic acids is 1. The van der Waals surface area contributed by atoms with Crippen LogP contribution in [0.2, 0.25) is 0 Å². The number of hydrogen-bond acceptors (Lipinski definition) is 5. The number of methoxy groups -OCH3 is 1. The smallest absolute Gasteiger partial charge is 0.266 e. The molecule has 1 aromatic heterocycles. The molecule has 0 saturated heterocycles. The maximum Gasteiger partial charge on any atom is 0.266 e. The number of ether oxygens (including phenoxy) is 1. The van der Waals surface area contributed by atoms with E-state index in [1.165, 1.54) is 16.7 Å². The summed E-state index contributed by atoms with van der Waals surface area (Å²) in [6.45, 7) is 0. The van der Waals surface area contributed by atoms with Crippen LogP contribution in [0.25, 0.3) is 16.6 Å². The van der Waals surface area contributed by atoms with Crippen LogP contribution < -0.4 is 15.6 Å². The number of amides is 1. The maximum absolute atomic E-state index is 14.5. The van der Waals surface area contributed by atoms with Crippen molar-refractivity contribution in [3.8, 4) is 11.4 Å². The van der Waals surface area contributed by atoms with E-state index in [2.05, 4.69) is 10.3 Å². The summed E-state index contributed by atoms with van der Waals surface area (Å²) in [6.07, 6.45) is 0. The van der Waals surface area contributed by atoms with E-state index in [0.717, 1.165) is 11.8 Å². The summed E-state index contributed by atoms with van der Waals surface area (Å²) in [4.78, 5) is 30.1. The molecule has 0 aliphatic heterocycles. The molecule has 0 fully saturated rings. The highest BCUT2D eigenvalue weighted by Gasteiger charge is 2.17. The number of rotatable bonds is 6. The lowest BCUT2D eigenvalue weighted by atomic mass is 10.2. The van der Waals surface area contributed by atoms with Gasteiger partial charge in [0.2, 0.25) is 5.91 Å². The third-order valence-electron chi connectivity index (χ3n) is 4.52. The Morgan fingerprint density at radius 3 is 2.68 bits per heavy atom. The van der Waals surface area contributed by atoms with E-state index >= 15 is 0 Å². The van der Waals surface area contributed by atoms with E-state index < -0.39 is 11.4 Å². The fourth-order valence-corrected chi connectivity index (χ4v) is 3.89. The van der Waals surface area contributed by atoms with Crippen LogP contribution in [0.3, 0.4) is 0 Å². The predicted molar refractivity (Wildman–Crippen MR) is 120 cm³/mol. The highest BCUT2D eigenvalue weighted by atomic mass is 32.2. The van der Waals surface area contributed by atoms with Gasteiger partial charge in [0.05, 0.1) is 29.5 Å². The van der Waals surface area contributed by atoms with Gasteiger partial charge in [0.15, 0.2) is 5.16 Å². The molecule has 3 aromatic carbocycles. The van der Waals surface area contributed by atoms with Crippen molar-refractivity contribution in [3.05, 3.63) is 89.0 Å². The Bertz CT molecular complexity index is 1320. The average Bonchev–Trinajstić information content (AvgIpc) is 2.79. The largest absolute Gasteiger partial charge is 0.497 e. The van der Waals surface area contributed by atoms with E-state index in [1.807, 2.05) is 0 Å². The quantitative estimate of drug-likeness (QED) is 0.362. The van der Waals surface area contributed by atoms with Gasteiger partial charge in [-0.15, -0.1) is 0 Å². The number of para-hydroxylation sites is 2. The molecule has 0 saturated carbocycles. The molecule has 4 aromatic rings. The molecule has 4 rings (SSSR count). The summed E-state index contributed by atoms with van der Waals surface area (Å²) in [7, 11) is 1.55. The summed E-state index contributed by atoms with van der Waals surface area (Å²) >= 11 is 1.06. The van der Waals surface area contributed by atoms with E-state index in [4.69, 9.17) is 4.74 Å². The molecule has 0 spiro atoms. The first-order valence-corrected chi connectivity index (χ1v) is 10.4. The molecule has 8 heteroatoms. The Labute approximate surface area is 181 Å². The van der Waals surface area contributed by atoms with Gasteiger partial charge in [-0.3, -0.25) is 14.2 Å². The molecular formula is C23H18FN3O3S. The molecule has 1 amide bonds. The molecule has 0 aliphatic rings. The van der Waals surface area contributed by atoms with Gasteiger partial charge in [0, 0.05) is 11.8 Å². The minimum atomic E-state index is -0.552. The van der Waals surface area contributed by atoms with Crippen molar-refractivity contribution in [2.45, 2.75) is 5.16 Å². The molecule has 0 atom stereocenters. The third-order valence-corrected chi connectivity index (χ3v) is 5.46. The fraction of sp³-hybridized carbons (Fsp3) is 0.0870. The summed E-state index contributed by atoms with van der Waals surface area (Å²) < 4.78 is 20.9. The highest BCUT2D eigenvalue weighted by molar-refractivity contribution is 7.99. The van der Waals surface area contributed by atoms with Crippen molar-refractivity contribution in [1.29, 1.82) is 0 Å². The first kappa shape index (κ1) is 20.6. The Balaban J connectivity index is 1.66. The van der Waals surface area contributed by atoms with Crippen molar-refractivity contribution in [3.63, 3.8) is 0 Å². The molecule has 0 aliphatic carbocycles. The standard InChI is InChI=1S/C23H18FN3O3S/c1-30-16-8-6-7-15(13-16)25-21(28)14-31-23-26-19-11-4-2-9-17(19)22(29)27(23)20-12-5-3-10-18(20)24/h2-13H,14H2,1H3,(H,25,28). The molecule has 1 N–H and O–H groups in total. The molecule has 156 valence electrons. The van der Waals surface area contributed by atoms with Gasteiger partial charge in [-0.25, -0.2) is 9.37 Å². The number of anilines is 1. The van der Waals surface area contributed by atoms with Crippen molar-refractivity contribution in [2.24, 2.45) is 0 Å². The Kier molecular flexibility index (Phi) is 5.99. The minimum absolute atomic E-state index is 0.0174. The van der Waals surface area contributed by atoms with E-state index in [-0.39, 0.29) is 22.5 Å². The van der Waals surface area contributed by atoms with E-state index in [9.17, 15) is 14.0 Å². The van der Waals surface area contributed by atoms with Crippen LogP contribution in [-0.4, -0.2) is 28.3 Å². The van der Waals surface area contributed by atoms with Gasteiger partial charge in [-0.2, -0.15) is 0 Å². The molecular weight excluding hydrogens is 417 g/mol. The van der Waals surface area contributed by atoms with Crippen molar-refractivity contribution in [1.82, 2.24) is 9.55 Å². The summed E-state index contributed by atoms with van der Waals surface area (Å²) in [5.41, 5.74) is 0.756. The van der Waals surface area contributed by atoms with Crippen molar-refractivity contribution >= 4 is 34.3 Å². The van der Waals surface area contributed by atoms with E-state index in [0.29, 0.717) is 22.3 Å². The Morgan fingerprint density at radius 2 is 1.87 bits per heavy atom. The second-order valence-corrected chi connectivity index (χ2v) is 7.51. The second kappa shape index (κ2) is 9.01. The second-order valence-electron chi connectivity index (χ2n) is 6.57. The zero-order valence-corrected chi connectivity index (χ0v) is 17.4. The number of nitrogens with zero attached hydrogens (tertiary/aromatic N) is 2. The summed E-state index contributed by atoms with van der Waals surface area (Å²) in [6, 6.07) is 19.8. The zero-order valence-electron chi connectivity index (χ0n) is 16.5. The number of carbonyl (C=O) groups is 1. The topological polar surface area (TPSA) is 73.2 Å². The van der Waals surface area contributed by atoms with Gasteiger partial charge >= 0.3 is 0 Å².